The van der Waals surface area contributed by atoms with Crippen LogP contribution in [0.15, 0.2) is 12.1 Å². The van der Waals surface area contributed by atoms with Gasteiger partial charge in [0.25, 0.3) is 0 Å². The minimum atomic E-state index is -0.366. The van der Waals surface area contributed by atoms with E-state index < -0.39 is 0 Å². The van der Waals surface area contributed by atoms with Gasteiger partial charge in [-0.1, -0.05) is 6.07 Å². The number of hydrogen-bond donors (Lipinski definition) is 1. The quantitative estimate of drug-likeness (QED) is 0.787. The highest BCUT2D eigenvalue weighted by molar-refractivity contribution is 5.89. The lowest BCUT2D eigenvalue weighted by molar-refractivity contribution is -0.138. The molecule has 2 fully saturated rings. The summed E-state index contributed by atoms with van der Waals surface area (Å²) in [5, 5.41) is 10.2. The fraction of sp³-hybridized carbons (Fsp3) is 0.588. The van der Waals surface area contributed by atoms with Gasteiger partial charge in [-0.05, 0) is 50.4 Å². The van der Waals surface area contributed by atoms with E-state index in [1.54, 1.807) is 6.07 Å². The Bertz CT molecular complexity index is 670. The highest BCUT2D eigenvalue weighted by Crippen LogP contribution is 2.62. The number of Topliss-reactive ketones (excluding diaryl/α,β-unsaturated/α-hetero) is 1. The molecule has 0 amide bonds. The second kappa shape index (κ2) is 3.61. The number of nitrogens with zero attached hydrogens (tertiary/aromatic N) is 1. The largest absolute Gasteiger partial charge is 0.504 e. The molecule has 1 saturated carbocycles. The molecule has 1 saturated heterocycles. The van der Waals surface area contributed by atoms with Crippen molar-refractivity contribution in [1.82, 2.24) is 4.90 Å². The van der Waals surface area contributed by atoms with Gasteiger partial charge >= 0.3 is 0 Å². The zero-order chi connectivity index (χ0) is 14.4. The van der Waals surface area contributed by atoms with E-state index in [1.807, 2.05) is 6.07 Å². The van der Waals surface area contributed by atoms with Crippen molar-refractivity contribution in [3.63, 3.8) is 0 Å². The van der Waals surface area contributed by atoms with E-state index >= 15 is 0 Å². The highest BCUT2D eigenvalue weighted by Gasteiger charge is 2.65. The number of carbonyl (C=O) groups is 1. The van der Waals surface area contributed by atoms with Crippen LogP contribution in [-0.2, 0) is 16.6 Å². The summed E-state index contributed by atoms with van der Waals surface area (Å²) in [5.74, 6) is 1.50. The number of phenols is 1. The van der Waals surface area contributed by atoms with Crippen LogP contribution in [0.4, 0.5) is 0 Å². The monoisotopic (exact) mass is 285 g/mol. The first-order chi connectivity index (χ1) is 10.1. The number of piperidine rings is 1. The van der Waals surface area contributed by atoms with E-state index in [1.165, 1.54) is 5.56 Å². The van der Waals surface area contributed by atoms with Gasteiger partial charge in [0.15, 0.2) is 23.4 Å². The fourth-order valence-corrected chi connectivity index (χ4v) is 5.52. The topological polar surface area (TPSA) is 49.8 Å². The van der Waals surface area contributed by atoms with Crippen LogP contribution < -0.4 is 4.74 Å². The number of likely N-dealkylation sites (tertiary alicyclic amines) is 1. The van der Waals surface area contributed by atoms with E-state index in [4.69, 9.17) is 4.74 Å². The Labute approximate surface area is 123 Å². The maximum atomic E-state index is 12.5. The van der Waals surface area contributed by atoms with Gasteiger partial charge in [0.05, 0.1) is 0 Å². The lowest BCUT2D eigenvalue weighted by Gasteiger charge is -2.57. The smallest absolute Gasteiger partial charge is 0.174 e. The summed E-state index contributed by atoms with van der Waals surface area (Å²) in [6.07, 6.45) is 3.18. The molecule has 4 nitrogen and oxygen atoms in total. The lowest BCUT2D eigenvalue weighted by atomic mass is 9.52. The maximum Gasteiger partial charge on any atom is 0.174 e. The second-order valence-electron chi connectivity index (χ2n) is 7.10. The molecule has 1 N–H and O–H groups in total. The summed E-state index contributed by atoms with van der Waals surface area (Å²) >= 11 is 0. The van der Waals surface area contributed by atoms with E-state index in [0.29, 0.717) is 24.1 Å². The van der Waals surface area contributed by atoms with Crippen LogP contribution in [0, 0.1) is 5.92 Å². The molecule has 5 rings (SSSR count). The fourth-order valence-electron chi connectivity index (χ4n) is 5.52. The molecular weight excluding hydrogens is 266 g/mol. The van der Waals surface area contributed by atoms with Gasteiger partial charge in [0, 0.05) is 23.4 Å². The first-order valence-electron chi connectivity index (χ1n) is 7.88. The molecule has 0 aromatic heterocycles. The first-order valence-corrected chi connectivity index (χ1v) is 7.88. The minimum Gasteiger partial charge on any atom is -0.504 e. The Morgan fingerprint density at radius 2 is 2.29 bits per heavy atom. The molecule has 1 aromatic rings. The summed E-state index contributed by atoms with van der Waals surface area (Å²) in [6, 6.07) is 4.26. The van der Waals surface area contributed by atoms with Gasteiger partial charge in [-0.15, -0.1) is 0 Å². The zero-order valence-electron chi connectivity index (χ0n) is 12.1. The molecule has 1 spiro atoms. The molecule has 4 atom stereocenters. The van der Waals surface area contributed by atoms with Gasteiger partial charge in [0.1, 0.15) is 0 Å². The summed E-state index contributed by atoms with van der Waals surface area (Å²) in [7, 11) is 2.20. The number of benzene rings is 1. The number of likely N-dealkylation sites (N-methyl/N-ethyl adjacent to an activating group) is 1. The van der Waals surface area contributed by atoms with Gasteiger partial charge in [0.2, 0.25) is 0 Å². The molecule has 1 unspecified atom stereocenters. The van der Waals surface area contributed by atoms with Crippen LogP contribution in [0.5, 0.6) is 11.5 Å². The molecule has 0 radical (unpaired) electrons. The molecular formula is C17H19NO3. The van der Waals surface area contributed by atoms with Crippen molar-refractivity contribution < 1.29 is 14.6 Å². The van der Waals surface area contributed by atoms with Crippen molar-refractivity contribution in [3.8, 4) is 11.5 Å². The number of hydrogen-bond acceptors (Lipinski definition) is 4. The number of carbonyl (C=O) groups excluding carboxylic acids is 1. The summed E-state index contributed by atoms with van der Waals surface area (Å²) in [4.78, 5) is 14.9. The Kier molecular flexibility index (Phi) is 2.07. The molecule has 21 heavy (non-hydrogen) atoms. The molecule has 2 aliphatic heterocycles. The van der Waals surface area contributed by atoms with Gasteiger partial charge < -0.3 is 14.7 Å². The Morgan fingerprint density at radius 3 is 3.14 bits per heavy atom. The summed E-state index contributed by atoms with van der Waals surface area (Å²) in [6.45, 7) is 1.00. The van der Waals surface area contributed by atoms with Gasteiger partial charge in [-0.2, -0.15) is 0 Å². The van der Waals surface area contributed by atoms with Crippen LogP contribution >= 0.6 is 0 Å². The van der Waals surface area contributed by atoms with Gasteiger partial charge in [-0.25, -0.2) is 0 Å². The molecule has 2 bridgehead atoms. The third kappa shape index (κ3) is 1.20. The lowest BCUT2D eigenvalue weighted by Crippen LogP contribution is -2.65. The van der Waals surface area contributed by atoms with Crippen molar-refractivity contribution in [1.29, 1.82) is 0 Å². The average molecular weight is 285 g/mol. The first kappa shape index (κ1) is 12.0. The summed E-state index contributed by atoms with van der Waals surface area (Å²) in [5.41, 5.74) is 2.26. The van der Waals surface area contributed by atoms with Crippen LogP contribution in [0.1, 0.15) is 30.4 Å². The van der Waals surface area contributed by atoms with E-state index in [9.17, 15) is 9.90 Å². The predicted molar refractivity (Wildman–Crippen MR) is 76.7 cm³/mol. The minimum absolute atomic E-state index is 0.172. The van der Waals surface area contributed by atoms with Crippen LogP contribution in [0.25, 0.3) is 0 Å². The van der Waals surface area contributed by atoms with E-state index in [-0.39, 0.29) is 23.1 Å². The standard InChI is InChI=1S/C17H19NO3/c1-18-7-6-17-10-3-5-13(20)16(17)21-15-12(19)4-2-9(14(15)17)8-11(10)18/h2,4,10-11,16,19H,3,5-8H2,1H3/t10?,11-,16+,17+/m0/s1. The number of phenolic OH excluding ortho intramolecular Hbond substituents is 1. The van der Waals surface area contributed by atoms with E-state index in [0.717, 1.165) is 31.4 Å². The van der Waals surface area contributed by atoms with Crippen molar-refractivity contribution in [2.75, 3.05) is 13.6 Å². The molecule has 2 heterocycles. The molecule has 1 aromatic carbocycles. The highest BCUT2D eigenvalue weighted by atomic mass is 16.5. The molecule has 4 aliphatic rings. The number of rotatable bonds is 0. The molecule has 4 heteroatoms. The predicted octanol–water partition coefficient (Wildman–Crippen LogP) is 1.63. The SMILES string of the molecule is CN1CC[C@@]23c4c5ccc(O)c4O[C@@H]2C(=O)CCC3[C@@H]1C5. The second-order valence-corrected chi connectivity index (χ2v) is 7.10. The maximum absolute atomic E-state index is 12.5. The zero-order valence-corrected chi connectivity index (χ0v) is 12.1. The van der Waals surface area contributed by atoms with Crippen molar-refractivity contribution in [3.05, 3.63) is 23.3 Å². The Hall–Kier alpha value is -1.55. The average Bonchev–Trinajstić information content (AvgIpc) is 2.83. The van der Waals surface area contributed by atoms with Crippen molar-refractivity contribution in [2.24, 2.45) is 5.92 Å². The van der Waals surface area contributed by atoms with Crippen LogP contribution in [0.2, 0.25) is 0 Å². The Morgan fingerprint density at radius 1 is 1.43 bits per heavy atom. The third-order valence-electron chi connectivity index (χ3n) is 6.39. The van der Waals surface area contributed by atoms with Gasteiger partial charge in [-0.3, -0.25) is 4.79 Å². The third-order valence-corrected chi connectivity index (χ3v) is 6.39. The van der Waals surface area contributed by atoms with Crippen LogP contribution in [-0.4, -0.2) is 41.5 Å². The normalized spacial score (nSPS) is 39.9. The molecule has 2 aliphatic carbocycles. The number of ether oxygens (including phenoxy) is 1. The summed E-state index contributed by atoms with van der Waals surface area (Å²) < 4.78 is 6.04. The van der Waals surface area contributed by atoms with Crippen molar-refractivity contribution in [2.45, 2.75) is 43.2 Å². The Balaban J connectivity index is 1.83. The molecule has 110 valence electrons. The van der Waals surface area contributed by atoms with Crippen molar-refractivity contribution >= 4 is 5.78 Å². The van der Waals surface area contributed by atoms with Crippen LogP contribution in [0.3, 0.4) is 0 Å². The van der Waals surface area contributed by atoms with E-state index in [2.05, 4.69) is 11.9 Å². The number of aromatic hydroxyl groups is 1. The number of ketones is 1.